The van der Waals surface area contributed by atoms with Crippen LogP contribution in [0.15, 0.2) is 53.4 Å². The van der Waals surface area contributed by atoms with E-state index in [4.69, 9.17) is 14.3 Å². The average molecular weight is 324 g/mol. The Morgan fingerprint density at radius 1 is 1.25 bits per heavy atom. The molecule has 1 N–H and O–H groups in total. The van der Waals surface area contributed by atoms with Gasteiger partial charge in [0, 0.05) is 18.9 Å². The summed E-state index contributed by atoms with van der Waals surface area (Å²) in [4.78, 5) is 4.36. The van der Waals surface area contributed by atoms with Gasteiger partial charge in [0.25, 0.3) is 0 Å². The van der Waals surface area contributed by atoms with Crippen LogP contribution in [0.25, 0.3) is 0 Å². The predicted octanol–water partition coefficient (Wildman–Crippen LogP) is 2.32. The van der Waals surface area contributed by atoms with Gasteiger partial charge in [-0.25, -0.2) is 0 Å². The van der Waals surface area contributed by atoms with Gasteiger partial charge in [0.2, 0.25) is 0 Å². The van der Waals surface area contributed by atoms with E-state index >= 15 is 0 Å². The van der Waals surface area contributed by atoms with E-state index in [9.17, 15) is 0 Å². The van der Waals surface area contributed by atoms with Crippen molar-refractivity contribution in [1.29, 1.82) is 0 Å². The van der Waals surface area contributed by atoms with E-state index < -0.39 is 0 Å². The smallest absolute Gasteiger partial charge is 0.117 e. The van der Waals surface area contributed by atoms with Crippen molar-refractivity contribution in [3.05, 3.63) is 71.7 Å². The predicted molar refractivity (Wildman–Crippen MR) is 88.4 cm³/mol. The minimum Gasteiger partial charge on any atom is -0.468 e. The van der Waals surface area contributed by atoms with Crippen LogP contribution in [-0.2, 0) is 24.2 Å². The van der Waals surface area contributed by atoms with Gasteiger partial charge in [0.05, 0.1) is 37.3 Å². The summed E-state index contributed by atoms with van der Waals surface area (Å²) in [6.07, 6.45) is 6.50. The quantitative estimate of drug-likeness (QED) is 0.754. The van der Waals surface area contributed by atoms with Crippen molar-refractivity contribution in [2.45, 2.75) is 25.6 Å². The van der Waals surface area contributed by atoms with Crippen molar-refractivity contribution < 1.29 is 9.15 Å². The van der Waals surface area contributed by atoms with Crippen LogP contribution in [0.4, 0.5) is 0 Å². The number of fused-ring (bicyclic) bond motifs is 1. The Hall–Kier alpha value is -2.44. The van der Waals surface area contributed by atoms with Gasteiger partial charge in [-0.3, -0.25) is 9.67 Å². The van der Waals surface area contributed by atoms with Crippen LogP contribution in [0.1, 0.15) is 28.8 Å². The molecule has 1 aliphatic heterocycles. The molecule has 24 heavy (non-hydrogen) atoms. The lowest BCUT2D eigenvalue weighted by Crippen LogP contribution is -2.27. The van der Waals surface area contributed by atoms with E-state index in [1.54, 1.807) is 6.26 Å². The average Bonchev–Trinajstić information content (AvgIpc) is 3.25. The highest BCUT2D eigenvalue weighted by molar-refractivity contribution is 5.23. The van der Waals surface area contributed by atoms with Crippen molar-refractivity contribution in [2.75, 3.05) is 13.2 Å². The Morgan fingerprint density at radius 2 is 2.25 bits per heavy atom. The minimum absolute atomic E-state index is 0.0197. The number of nitrogens with zero attached hydrogens (tertiary/aromatic N) is 3. The first-order valence-corrected chi connectivity index (χ1v) is 8.19. The lowest BCUT2D eigenvalue weighted by molar-refractivity contribution is 0.0390. The van der Waals surface area contributed by atoms with Crippen molar-refractivity contribution in [3.63, 3.8) is 0 Å². The normalized spacial score (nSPS) is 16.9. The van der Waals surface area contributed by atoms with E-state index in [-0.39, 0.29) is 6.10 Å². The maximum absolute atomic E-state index is 5.90. The number of nitrogens with one attached hydrogen (secondary N) is 1. The number of aromatic nitrogens is 3. The van der Waals surface area contributed by atoms with Gasteiger partial charge >= 0.3 is 0 Å². The van der Waals surface area contributed by atoms with E-state index in [2.05, 4.69) is 16.5 Å². The highest BCUT2D eigenvalue weighted by Gasteiger charge is 2.24. The second-order valence-corrected chi connectivity index (χ2v) is 5.88. The summed E-state index contributed by atoms with van der Waals surface area (Å²) in [6, 6.07) is 9.79. The number of hydrogen-bond donors (Lipinski definition) is 1. The van der Waals surface area contributed by atoms with Crippen LogP contribution in [0, 0.1) is 0 Å². The minimum atomic E-state index is -0.0197. The topological polar surface area (TPSA) is 65.1 Å². The molecular weight excluding hydrogens is 304 g/mol. The Bertz CT molecular complexity index is 768. The number of ether oxygens (including phenoxy) is 1. The SMILES string of the molecule is c1ccc(Cn2cc3c(n2)[C@H](CNCc2ccco2)OCC3)nc1. The summed E-state index contributed by atoms with van der Waals surface area (Å²) in [5, 5.41) is 8.11. The number of hydrogen-bond acceptors (Lipinski definition) is 5. The first-order valence-electron chi connectivity index (χ1n) is 8.19. The zero-order valence-corrected chi connectivity index (χ0v) is 13.4. The Morgan fingerprint density at radius 3 is 3.08 bits per heavy atom. The molecule has 4 rings (SSSR count). The Balaban J connectivity index is 1.42. The molecule has 0 saturated carbocycles. The van der Waals surface area contributed by atoms with Crippen LogP contribution >= 0.6 is 0 Å². The molecule has 0 aromatic carbocycles. The zero-order chi connectivity index (χ0) is 16.2. The molecule has 0 radical (unpaired) electrons. The molecule has 0 aliphatic carbocycles. The lowest BCUT2D eigenvalue weighted by Gasteiger charge is -2.22. The summed E-state index contributed by atoms with van der Waals surface area (Å²) < 4.78 is 13.2. The molecular formula is C18H20N4O2. The standard InChI is InChI=1S/C18H20N4O2/c1-2-7-20-15(4-1)13-22-12-14-6-9-24-17(18(14)21-22)11-19-10-16-5-3-8-23-16/h1-5,7-8,12,17,19H,6,9-11,13H2/t17-/m0/s1. The van der Waals surface area contributed by atoms with E-state index in [0.29, 0.717) is 19.6 Å². The van der Waals surface area contributed by atoms with Crippen molar-refractivity contribution >= 4 is 0 Å². The largest absolute Gasteiger partial charge is 0.468 e. The zero-order valence-electron chi connectivity index (χ0n) is 13.4. The number of pyridine rings is 1. The molecule has 3 aromatic heterocycles. The van der Waals surface area contributed by atoms with Crippen molar-refractivity contribution in [2.24, 2.45) is 0 Å². The van der Waals surface area contributed by atoms with Gasteiger partial charge in [-0.15, -0.1) is 0 Å². The van der Waals surface area contributed by atoms with E-state index in [0.717, 1.165) is 30.2 Å². The Labute approximate surface area is 140 Å². The van der Waals surface area contributed by atoms with Gasteiger partial charge in [0.1, 0.15) is 11.9 Å². The maximum atomic E-state index is 5.90. The maximum Gasteiger partial charge on any atom is 0.117 e. The van der Waals surface area contributed by atoms with Crippen molar-refractivity contribution in [3.8, 4) is 0 Å². The van der Waals surface area contributed by atoms with E-state index in [1.807, 2.05) is 41.2 Å². The van der Waals surface area contributed by atoms with Gasteiger partial charge in [-0.2, -0.15) is 5.10 Å². The van der Waals surface area contributed by atoms with Crippen molar-refractivity contribution in [1.82, 2.24) is 20.1 Å². The molecule has 0 amide bonds. The van der Waals surface area contributed by atoms with Gasteiger partial charge in [0.15, 0.2) is 0 Å². The lowest BCUT2D eigenvalue weighted by atomic mass is 10.1. The monoisotopic (exact) mass is 324 g/mol. The summed E-state index contributed by atoms with van der Waals surface area (Å²) in [5.41, 5.74) is 3.30. The van der Waals surface area contributed by atoms with Crippen LogP contribution in [0.2, 0.25) is 0 Å². The summed E-state index contributed by atoms with van der Waals surface area (Å²) in [6.45, 7) is 2.82. The molecule has 0 spiro atoms. The van der Waals surface area contributed by atoms with E-state index in [1.165, 1.54) is 5.56 Å². The fraction of sp³-hybridized carbons (Fsp3) is 0.333. The molecule has 0 fully saturated rings. The first-order chi connectivity index (χ1) is 11.9. The molecule has 1 atom stereocenters. The highest BCUT2D eigenvalue weighted by atomic mass is 16.5. The summed E-state index contributed by atoms with van der Waals surface area (Å²) in [7, 11) is 0. The third-order valence-corrected chi connectivity index (χ3v) is 4.12. The first kappa shape index (κ1) is 15.1. The van der Waals surface area contributed by atoms with Gasteiger partial charge in [-0.05, 0) is 36.2 Å². The molecule has 0 bridgehead atoms. The van der Waals surface area contributed by atoms with Gasteiger partial charge in [-0.1, -0.05) is 6.07 Å². The van der Waals surface area contributed by atoms with Crippen LogP contribution < -0.4 is 5.32 Å². The number of rotatable bonds is 6. The van der Waals surface area contributed by atoms with Crippen LogP contribution in [-0.4, -0.2) is 27.9 Å². The van der Waals surface area contributed by atoms with Crippen LogP contribution in [0.5, 0.6) is 0 Å². The summed E-state index contributed by atoms with van der Waals surface area (Å²) in [5.74, 6) is 0.923. The summed E-state index contributed by atoms with van der Waals surface area (Å²) >= 11 is 0. The molecule has 1 aliphatic rings. The Kier molecular flexibility index (Phi) is 4.40. The van der Waals surface area contributed by atoms with Crippen LogP contribution in [0.3, 0.4) is 0 Å². The molecule has 0 unspecified atom stereocenters. The third kappa shape index (κ3) is 3.39. The second kappa shape index (κ2) is 6.98. The number of furan rings is 1. The molecule has 3 aromatic rings. The fourth-order valence-electron chi connectivity index (χ4n) is 2.97. The molecule has 0 saturated heterocycles. The highest BCUT2D eigenvalue weighted by Crippen LogP contribution is 2.25. The molecule has 4 heterocycles. The second-order valence-electron chi connectivity index (χ2n) is 5.88. The molecule has 124 valence electrons. The molecule has 6 nitrogen and oxygen atoms in total. The third-order valence-electron chi connectivity index (χ3n) is 4.12. The van der Waals surface area contributed by atoms with Gasteiger partial charge < -0.3 is 14.5 Å². The molecule has 6 heteroatoms. The fourth-order valence-corrected chi connectivity index (χ4v) is 2.97.